The molecule has 20 heavy (non-hydrogen) atoms. The highest BCUT2D eigenvalue weighted by Gasteiger charge is 2.30. The molecule has 0 spiro atoms. The summed E-state index contributed by atoms with van der Waals surface area (Å²) in [5, 5.41) is 20.6. The summed E-state index contributed by atoms with van der Waals surface area (Å²) in [5.41, 5.74) is 1.19. The molecule has 3 heteroatoms. The first-order valence-corrected chi connectivity index (χ1v) is 7.13. The van der Waals surface area contributed by atoms with E-state index < -0.39 is 11.7 Å². The molecule has 0 aliphatic heterocycles. The first kappa shape index (κ1) is 16.7. The van der Waals surface area contributed by atoms with Crippen LogP contribution in [-0.2, 0) is 0 Å². The number of aliphatic hydroxyl groups is 2. The third kappa shape index (κ3) is 5.35. The van der Waals surface area contributed by atoms with Gasteiger partial charge < -0.3 is 15.1 Å². The molecule has 0 aliphatic rings. The molecule has 0 radical (unpaired) electrons. The number of aliphatic hydroxyl groups excluding tert-OH is 1. The minimum Gasteiger partial charge on any atom is -0.388 e. The van der Waals surface area contributed by atoms with Crippen molar-refractivity contribution in [2.75, 3.05) is 18.5 Å². The Balaban J connectivity index is 2.56. The van der Waals surface area contributed by atoms with Gasteiger partial charge in [0.25, 0.3) is 0 Å². The Morgan fingerprint density at radius 3 is 2.45 bits per heavy atom. The number of likely N-dealkylation sites (N-methyl/N-ethyl adjacent to an activating group) is 1. The van der Waals surface area contributed by atoms with Crippen LogP contribution in [0.3, 0.4) is 0 Å². The van der Waals surface area contributed by atoms with Gasteiger partial charge in [0.2, 0.25) is 0 Å². The smallest absolute Gasteiger partial charge is 0.0998 e. The van der Waals surface area contributed by atoms with Crippen molar-refractivity contribution in [2.45, 2.75) is 45.3 Å². The van der Waals surface area contributed by atoms with E-state index in [0.29, 0.717) is 13.0 Å². The highest BCUT2D eigenvalue weighted by Crippen LogP contribution is 2.20. The van der Waals surface area contributed by atoms with Crippen LogP contribution in [-0.4, -0.2) is 35.5 Å². The van der Waals surface area contributed by atoms with Gasteiger partial charge in [-0.2, -0.15) is 0 Å². The fourth-order valence-electron chi connectivity index (χ4n) is 2.06. The largest absolute Gasteiger partial charge is 0.388 e. The standard InChI is InChI=1S/C17H27NO2/c1-14(2)9-8-12-17(3,20)16(19)13-18(4)15-10-6-5-7-11-15/h5-7,9-11,16,19-20H,8,12-13H2,1-4H3. The van der Waals surface area contributed by atoms with Crippen molar-refractivity contribution in [2.24, 2.45) is 0 Å². The fraction of sp³-hybridized carbons (Fsp3) is 0.529. The van der Waals surface area contributed by atoms with Crippen LogP contribution in [0.2, 0.25) is 0 Å². The molecule has 0 amide bonds. The van der Waals surface area contributed by atoms with Gasteiger partial charge in [-0.25, -0.2) is 0 Å². The van der Waals surface area contributed by atoms with E-state index >= 15 is 0 Å². The predicted molar refractivity (Wildman–Crippen MR) is 85.0 cm³/mol. The molecular weight excluding hydrogens is 250 g/mol. The van der Waals surface area contributed by atoms with Crippen molar-refractivity contribution < 1.29 is 10.2 Å². The number of para-hydroxylation sites is 1. The van der Waals surface area contributed by atoms with E-state index in [1.807, 2.05) is 56.1 Å². The normalized spacial score (nSPS) is 15.3. The lowest BCUT2D eigenvalue weighted by Gasteiger charge is -2.32. The molecule has 2 atom stereocenters. The molecule has 0 saturated carbocycles. The Morgan fingerprint density at radius 2 is 1.90 bits per heavy atom. The molecule has 0 heterocycles. The van der Waals surface area contributed by atoms with E-state index in [2.05, 4.69) is 6.08 Å². The molecule has 0 saturated heterocycles. The lowest BCUT2D eigenvalue weighted by atomic mass is 9.92. The summed E-state index contributed by atoms with van der Waals surface area (Å²) in [5.74, 6) is 0. The van der Waals surface area contributed by atoms with Crippen LogP contribution in [0.25, 0.3) is 0 Å². The van der Waals surface area contributed by atoms with Crippen molar-refractivity contribution in [3.8, 4) is 0 Å². The SMILES string of the molecule is CC(C)=CCCC(C)(O)C(O)CN(C)c1ccccc1. The molecule has 3 nitrogen and oxygen atoms in total. The maximum absolute atomic E-state index is 10.4. The number of anilines is 1. The minimum atomic E-state index is -1.07. The number of nitrogens with zero attached hydrogens (tertiary/aromatic N) is 1. The van der Waals surface area contributed by atoms with E-state index in [0.717, 1.165) is 12.1 Å². The summed E-state index contributed by atoms with van der Waals surface area (Å²) in [6.07, 6.45) is 2.64. The van der Waals surface area contributed by atoms with Gasteiger partial charge in [0.05, 0.1) is 11.7 Å². The third-order valence-corrected chi connectivity index (χ3v) is 3.56. The van der Waals surface area contributed by atoms with Crippen LogP contribution < -0.4 is 4.90 Å². The Labute approximate surface area is 122 Å². The summed E-state index contributed by atoms with van der Waals surface area (Å²) in [6.45, 7) is 6.18. The van der Waals surface area contributed by atoms with Crippen LogP contribution in [0, 0.1) is 0 Å². The van der Waals surface area contributed by atoms with Gasteiger partial charge in [-0.05, 0) is 45.7 Å². The van der Waals surface area contributed by atoms with E-state index in [9.17, 15) is 10.2 Å². The predicted octanol–water partition coefficient (Wildman–Crippen LogP) is 2.98. The number of hydrogen-bond donors (Lipinski definition) is 2. The Hall–Kier alpha value is -1.32. The van der Waals surface area contributed by atoms with E-state index in [-0.39, 0.29) is 0 Å². The molecule has 1 aromatic rings. The van der Waals surface area contributed by atoms with Crippen LogP contribution in [0.15, 0.2) is 42.0 Å². The molecule has 0 bridgehead atoms. The number of allylic oxidation sites excluding steroid dienone is 2. The van der Waals surface area contributed by atoms with Crippen molar-refractivity contribution >= 4 is 5.69 Å². The second kappa shape index (κ2) is 7.46. The van der Waals surface area contributed by atoms with E-state index in [1.165, 1.54) is 5.57 Å². The minimum absolute atomic E-state index is 0.409. The number of hydrogen-bond acceptors (Lipinski definition) is 3. The second-order valence-electron chi connectivity index (χ2n) is 5.91. The van der Waals surface area contributed by atoms with Crippen LogP contribution >= 0.6 is 0 Å². The summed E-state index contributed by atoms with van der Waals surface area (Å²) in [7, 11) is 1.92. The second-order valence-corrected chi connectivity index (χ2v) is 5.91. The number of rotatable bonds is 7. The van der Waals surface area contributed by atoms with E-state index in [1.54, 1.807) is 6.92 Å². The Morgan fingerprint density at radius 1 is 1.30 bits per heavy atom. The van der Waals surface area contributed by atoms with Gasteiger partial charge in [-0.15, -0.1) is 0 Å². The van der Waals surface area contributed by atoms with Crippen molar-refractivity contribution in [3.63, 3.8) is 0 Å². The van der Waals surface area contributed by atoms with Gasteiger partial charge >= 0.3 is 0 Å². The average molecular weight is 277 g/mol. The topological polar surface area (TPSA) is 43.7 Å². The maximum atomic E-state index is 10.4. The van der Waals surface area contributed by atoms with Crippen molar-refractivity contribution in [1.82, 2.24) is 0 Å². The summed E-state index contributed by atoms with van der Waals surface area (Å²) >= 11 is 0. The third-order valence-electron chi connectivity index (χ3n) is 3.56. The molecule has 2 unspecified atom stereocenters. The fourth-order valence-corrected chi connectivity index (χ4v) is 2.06. The number of benzene rings is 1. The molecule has 0 aliphatic carbocycles. The Kier molecular flexibility index (Phi) is 6.24. The lowest BCUT2D eigenvalue weighted by Crippen LogP contribution is -2.46. The highest BCUT2D eigenvalue weighted by atomic mass is 16.3. The van der Waals surface area contributed by atoms with Gasteiger partial charge in [-0.3, -0.25) is 0 Å². The molecular formula is C17H27NO2. The summed E-state index contributed by atoms with van der Waals surface area (Å²) in [6, 6.07) is 9.87. The first-order valence-electron chi connectivity index (χ1n) is 7.13. The molecule has 2 N–H and O–H groups in total. The molecule has 0 fully saturated rings. The van der Waals surface area contributed by atoms with Crippen LogP contribution in [0.4, 0.5) is 5.69 Å². The lowest BCUT2D eigenvalue weighted by molar-refractivity contribution is -0.0614. The van der Waals surface area contributed by atoms with Gasteiger partial charge in [0.15, 0.2) is 0 Å². The van der Waals surface area contributed by atoms with Crippen LogP contribution in [0.1, 0.15) is 33.6 Å². The van der Waals surface area contributed by atoms with Crippen LogP contribution in [0.5, 0.6) is 0 Å². The maximum Gasteiger partial charge on any atom is 0.0998 e. The average Bonchev–Trinajstić information content (AvgIpc) is 2.38. The quantitative estimate of drug-likeness (QED) is 0.753. The zero-order chi connectivity index (χ0) is 15.2. The Bertz CT molecular complexity index is 422. The first-order chi connectivity index (χ1) is 9.33. The zero-order valence-corrected chi connectivity index (χ0v) is 13.0. The highest BCUT2D eigenvalue weighted by molar-refractivity contribution is 5.45. The summed E-state index contributed by atoms with van der Waals surface area (Å²) in [4.78, 5) is 1.96. The molecule has 1 aromatic carbocycles. The molecule has 1 rings (SSSR count). The molecule has 0 aromatic heterocycles. The van der Waals surface area contributed by atoms with Crippen molar-refractivity contribution in [3.05, 3.63) is 42.0 Å². The zero-order valence-electron chi connectivity index (χ0n) is 13.0. The van der Waals surface area contributed by atoms with Crippen molar-refractivity contribution in [1.29, 1.82) is 0 Å². The van der Waals surface area contributed by atoms with Gasteiger partial charge in [0.1, 0.15) is 0 Å². The molecule has 112 valence electrons. The van der Waals surface area contributed by atoms with Gasteiger partial charge in [0, 0.05) is 19.3 Å². The van der Waals surface area contributed by atoms with Gasteiger partial charge in [-0.1, -0.05) is 29.8 Å². The summed E-state index contributed by atoms with van der Waals surface area (Å²) < 4.78 is 0. The van der Waals surface area contributed by atoms with E-state index in [4.69, 9.17) is 0 Å². The monoisotopic (exact) mass is 277 g/mol.